The van der Waals surface area contributed by atoms with Crippen LogP contribution >= 0.6 is 0 Å². The summed E-state index contributed by atoms with van der Waals surface area (Å²) in [6.45, 7) is 10.7. The van der Waals surface area contributed by atoms with Crippen molar-refractivity contribution in [1.29, 1.82) is 0 Å². The van der Waals surface area contributed by atoms with Crippen molar-refractivity contribution >= 4 is 9.52 Å². The lowest BCUT2D eigenvalue weighted by molar-refractivity contribution is 0.309. The summed E-state index contributed by atoms with van der Waals surface area (Å²) in [5.74, 6) is 1.93. The molecule has 0 aromatic heterocycles. The van der Waals surface area contributed by atoms with E-state index in [9.17, 15) is 0 Å². The molecule has 0 N–H and O–H groups in total. The normalized spacial score (nSPS) is 11.8. The lowest BCUT2D eigenvalue weighted by Crippen LogP contribution is -2.18. The highest BCUT2D eigenvalue weighted by Gasteiger charge is 2.23. The molecule has 0 atom stereocenters. The molecule has 0 saturated heterocycles. The van der Waals surface area contributed by atoms with Gasteiger partial charge in [-0.2, -0.15) is 0 Å². The fourth-order valence-electron chi connectivity index (χ4n) is 2.98. The monoisotopic (exact) mass is 370 g/mol. The summed E-state index contributed by atoms with van der Waals surface area (Å²) in [6, 6.07) is 18.5. The first-order chi connectivity index (χ1) is 12.6. The first-order valence-corrected chi connectivity index (χ1v) is 12.5. The lowest BCUT2D eigenvalue weighted by Gasteiger charge is -2.26. The second-order valence-electron chi connectivity index (χ2n) is 7.43. The van der Waals surface area contributed by atoms with Gasteiger partial charge in [-0.1, -0.05) is 64.0 Å². The van der Waals surface area contributed by atoms with Crippen molar-refractivity contribution in [3.05, 3.63) is 59.7 Å². The SMILES string of the molecule is CCCCOc1ccc(C(C)(C)c2ccc(OCCC[SiH2]C)cc2)cc1. The molecule has 0 radical (unpaired) electrons. The van der Waals surface area contributed by atoms with Crippen LogP contribution in [0.1, 0.15) is 51.2 Å². The van der Waals surface area contributed by atoms with E-state index in [1.807, 2.05) is 0 Å². The zero-order chi connectivity index (χ0) is 18.8. The highest BCUT2D eigenvalue weighted by molar-refractivity contribution is 6.33. The van der Waals surface area contributed by atoms with E-state index < -0.39 is 0 Å². The predicted octanol–water partition coefficient (Wildman–Crippen LogP) is 5.60. The Kier molecular flexibility index (Phi) is 8.24. The van der Waals surface area contributed by atoms with Crippen LogP contribution in [0.15, 0.2) is 48.5 Å². The van der Waals surface area contributed by atoms with Gasteiger partial charge >= 0.3 is 0 Å². The fourth-order valence-corrected chi connectivity index (χ4v) is 3.68. The van der Waals surface area contributed by atoms with Crippen molar-refractivity contribution in [3.63, 3.8) is 0 Å². The minimum atomic E-state index is -0.0473. The minimum absolute atomic E-state index is 0.0473. The standard InChI is InChI=1S/C23H34O2Si/c1-5-6-16-24-21-12-8-19(9-13-21)23(2,3)20-10-14-22(15-11-20)25-17-7-18-26-4/h8-15H,5-7,16-18,26H2,1-4H3. The second kappa shape index (κ2) is 10.4. The largest absolute Gasteiger partial charge is 0.494 e. The molecule has 0 heterocycles. The third-order valence-corrected chi connectivity index (χ3v) is 6.14. The van der Waals surface area contributed by atoms with Crippen LogP contribution in [0.5, 0.6) is 11.5 Å². The van der Waals surface area contributed by atoms with Crippen LogP contribution in [0.25, 0.3) is 0 Å². The van der Waals surface area contributed by atoms with Gasteiger partial charge in [0.25, 0.3) is 0 Å². The van der Waals surface area contributed by atoms with Crippen molar-refractivity contribution in [2.75, 3.05) is 13.2 Å². The molecule has 2 aromatic carbocycles. The molecule has 2 rings (SSSR count). The van der Waals surface area contributed by atoms with Crippen molar-refractivity contribution in [2.45, 2.75) is 58.0 Å². The van der Waals surface area contributed by atoms with Gasteiger partial charge in [0.1, 0.15) is 11.5 Å². The molecule has 0 aliphatic heterocycles. The molecule has 0 spiro atoms. The first kappa shape index (κ1) is 20.6. The lowest BCUT2D eigenvalue weighted by atomic mass is 9.78. The zero-order valence-electron chi connectivity index (χ0n) is 16.9. The van der Waals surface area contributed by atoms with E-state index in [0.717, 1.165) is 37.6 Å². The Hall–Kier alpha value is -1.74. The maximum atomic E-state index is 5.85. The Bertz CT molecular complexity index is 632. The van der Waals surface area contributed by atoms with Crippen LogP contribution in [-0.2, 0) is 5.41 Å². The molecule has 0 saturated carbocycles. The number of ether oxygens (including phenoxy) is 2. The number of hydrogen-bond acceptors (Lipinski definition) is 2. The first-order valence-electron chi connectivity index (χ1n) is 10.0. The maximum Gasteiger partial charge on any atom is 0.119 e. The smallest absolute Gasteiger partial charge is 0.119 e. The molecule has 0 aliphatic rings. The van der Waals surface area contributed by atoms with E-state index in [4.69, 9.17) is 9.47 Å². The van der Waals surface area contributed by atoms with Gasteiger partial charge in [-0.25, -0.2) is 0 Å². The molecule has 142 valence electrons. The third kappa shape index (κ3) is 5.91. The Labute approximate surface area is 161 Å². The molecule has 2 nitrogen and oxygen atoms in total. The highest BCUT2D eigenvalue weighted by Crippen LogP contribution is 2.33. The third-order valence-electron chi connectivity index (χ3n) is 4.94. The number of rotatable bonds is 11. The van der Waals surface area contributed by atoms with Crippen molar-refractivity contribution < 1.29 is 9.47 Å². The van der Waals surface area contributed by atoms with E-state index >= 15 is 0 Å². The highest BCUT2D eigenvalue weighted by atomic mass is 28.2. The Morgan fingerprint density at radius 2 is 1.23 bits per heavy atom. The van der Waals surface area contributed by atoms with E-state index in [-0.39, 0.29) is 14.9 Å². The minimum Gasteiger partial charge on any atom is -0.494 e. The van der Waals surface area contributed by atoms with Crippen molar-refractivity contribution in [1.82, 2.24) is 0 Å². The van der Waals surface area contributed by atoms with Crippen LogP contribution in [0, 0.1) is 0 Å². The van der Waals surface area contributed by atoms with Gasteiger partial charge < -0.3 is 9.47 Å². The van der Waals surface area contributed by atoms with E-state index in [0.29, 0.717) is 0 Å². The summed E-state index contributed by atoms with van der Waals surface area (Å²) in [5, 5.41) is 0. The van der Waals surface area contributed by atoms with Crippen molar-refractivity contribution in [3.8, 4) is 11.5 Å². The molecule has 0 bridgehead atoms. The van der Waals surface area contributed by atoms with Crippen molar-refractivity contribution in [2.24, 2.45) is 0 Å². The Balaban J connectivity index is 1.99. The predicted molar refractivity (Wildman–Crippen MR) is 115 cm³/mol. The topological polar surface area (TPSA) is 18.5 Å². The fraction of sp³-hybridized carbons (Fsp3) is 0.478. The van der Waals surface area contributed by atoms with Gasteiger partial charge in [0.15, 0.2) is 0 Å². The average Bonchev–Trinajstić information content (AvgIpc) is 2.66. The number of hydrogen-bond donors (Lipinski definition) is 0. The van der Waals surface area contributed by atoms with Gasteiger partial charge in [0, 0.05) is 14.9 Å². The van der Waals surface area contributed by atoms with E-state index in [2.05, 4.69) is 75.8 Å². The molecule has 26 heavy (non-hydrogen) atoms. The summed E-state index contributed by atoms with van der Waals surface area (Å²) >= 11 is 0. The van der Waals surface area contributed by atoms with E-state index in [1.54, 1.807) is 0 Å². The maximum absolute atomic E-state index is 5.85. The second-order valence-corrected chi connectivity index (χ2v) is 9.14. The van der Waals surface area contributed by atoms with Crippen LogP contribution in [-0.4, -0.2) is 22.7 Å². The van der Waals surface area contributed by atoms with Gasteiger partial charge in [0.2, 0.25) is 0 Å². The Morgan fingerprint density at radius 1 is 0.769 bits per heavy atom. The number of unbranched alkanes of at least 4 members (excludes halogenated alkanes) is 1. The summed E-state index contributed by atoms with van der Waals surface area (Å²) in [4.78, 5) is 0. The van der Waals surface area contributed by atoms with E-state index in [1.165, 1.54) is 23.6 Å². The summed E-state index contributed by atoms with van der Waals surface area (Å²) < 4.78 is 11.6. The molecule has 0 amide bonds. The van der Waals surface area contributed by atoms with Gasteiger partial charge in [-0.3, -0.25) is 0 Å². The zero-order valence-corrected chi connectivity index (χ0v) is 18.3. The quantitative estimate of drug-likeness (QED) is 0.379. The average molecular weight is 371 g/mol. The molecule has 0 unspecified atom stereocenters. The molecule has 2 aromatic rings. The molecular formula is C23H34O2Si. The molecule has 0 aliphatic carbocycles. The molecular weight excluding hydrogens is 336 g/mol. The summed E-state index contributed by atoms with van der Waals surface area (Å²) in [6.07, 6.45) is 3.44. The summed E-state index contributed by atoms with van der Waals surface area (Å²) in [5.41, 5.74) is 2.54. The van der Waals surface area contributed by atoms with Gasteiger partial charge in [-0.15, -0.1) is 0 Å². The Morgan fingerprint density at radius 3 is 1.65 bits per heavy atom. The summed E-state index contributed by atoms with van der Waals surface area (Å²) in [7, 11) is 0.161. The van der Waals surface area contributed by atoms with Gasteiger partial charge in [-0.05, 0) is 48.2 Å². The van der Waals surface area contributed by atoms with Gasteiger partial charge in [0.05, 0.1) is 13.2 Å². The number of benzene rings is 2. The van der Waals surface area contributed by atoms with Crippen LogP contribution < -0.4 is 9.47 Å². The van der Waals surface area contributed by atoms with Crippen LogP contribution in [0.4, 0.5) is 0 Å². The van der Waals surface area contributed by atoms with Crippen LogP contribution in [0.3, 0.4) is 0 Å². The molecule has 3 heteroatoms. The molecule has 0 fully saturated rings. The van der Waals surface area contributed by atoms with Crippen LogP contribution in [0.2, 0.25) is 12.6 Å².